The fraction of sp³-hybridized carbons (Fsp3) is 0.256. The zero-order chi connectivity index (χ0) is 33.9. The first-order valence-electron chi connectivity index (χ1n) is 15.8. The summed E-state index contributed by atoms with van der Waals surface area (Å²) in [5, 5.41) is 0. The summed E-state index contributed by atoms with van der Waals surface area (Å²) in [5.41, 5.74) is 2.83. The molecule has 0 aliphatic rings. The van der Waals surface area contributed by atoms with Crippen molar-refractivity contribution in [3.05, 3.63) is 132 Å². The van der Waals surface area contributed by atoms with E-state index >= 15 is 0 Å². The molecule has 9 nitrogen and oxygen atoms in total. The zero-order valence-electron chi connectivity index (χ0n) is 27.7. The maximum atomic E-state index is 13.4. The molecule has 0 unspecified atom stereocenters. The van der Waals surface area contributed by atoms with Crippen LogP contribution in [0.25, 0.3) is 11.5 Å². The van der Waals surface area contributed by atoms with Gasteiger partial charge in [-0.05, 0) is 87.4 Å². The van der Waals surface area contributed by atoms with Crippen LogP contribution in [0, 0.1) is 6.92 Å². The molecule has 0 aliphatic carbocycles. The van der Waals surface area contributed by atoms with Gasteiger partial charge in [0.1, 0.15) is 41.8 Å². The van der Waals surface area contributed by atoms with Gasteiger partial charge < -0.3 is 23.4 Å². The Morgan fingerprint density at radius 3 is 2.15 bits per heavy atom. The van der Waals surface area contributed by atoms with Crippen molar-refractivity contribution < 1.29 is 33.0 Å². The molecule has 248 valence electrons. The quantitative estimate of drug-likeness (QED) is 0.118. The summed E-state index contributed by atoms with van der Waals surface area (Å²) in [4.78, 5) is 32.1. The highest BCUT2D eigenvalue weighted by molar-refractivity contribution is 5.79. The molecule has 0 bridgehead atoms. The van der Waals surface area contributed by atoms with Crippen LogP contribution in [-0.4, -0.2) is 40.7 Å². The molecule has 1 aromatic heterocycles. The third-order valence-corrected chi connectivity index (χ3v) is 7.07. The highest BCUT2D eigenvalue weighted by Crippen LogP contribution is 2.23. The van der Waals surface area contributed by atoms with Gasteiger partial charge in [-0.15, -0.1) is 0 Å². The number of amides is 1. The van der Waals surface area contributed by atoms with Crippen molar-refractivity contribution >= 4 is 12.1 Å². The predicted molar refractivity (Wildman–Crippen MR) is 182 cm³/mol. The Morgan fingerprint density at radius 2 is 1.44 bits per heavy atom. The van der Waals surface area contributed by atoms with Crippen LogP contribution in [0.1, 0.15) is 43.4 Å². The average Bonchev–Trinajstić information content (AvgIpc) is 3.44. The van der Waals surface area contributed by atoms with E-state index in [0.717, 1.165) is 28.1 Å². The summed E-state index contributed by atoms with van der Waals surface area (Å²) in [6.07, 6.45) is -0.139. The highest BCUT2D eigenvalue weighted by atomic mass is 16.6. The van der Waals surface area contributed by atoms with Crippen molar-refractivity contribution in [1.82, 2.24) is 9.88 Å². The Labute approximate surface area is 281 Å². The molecule has 5 aromatic rings. The van der Waals surface area contributed by atoms with Gasteiger partial charge in [-0.2, -0.15) is 0 Å². The second kappa shape index (κ2) is 15.8. The van der Waals surface area contributed by atoms with E-state index in [2.05, 4.69) is 4.98 Å². The summed E-state index contributed by atoms with van der Waals surface area (Å²) in [7, 11) is 0. The Bertz CT molecular complexity index is 1780. The molecule has 1 amide bonds. The molecule has 0 spiro atoms. The molecule has 0 aliphatic heterocycles. The third kappa shape index (κ3) is 10.2. The van der Waals surface area contributed by atoms with Gasteiger partial charge >= 0.3 is 12.1 Å². The van der Waals surface area contributed by atoms with Gasteiger partial charge in [0.2, 0.25) is 5.89 Å². The standard InChI is InChI=1S/C39H40N2O7/c1-28-35(40-37(46-28)31-15-9-6-10-16-31)22-23-44-34-17-11-14-30(24-34)25-41(26-36(42)48-39(2,3)4)38(43)47-33-20-18-32(19-21-33)45-27-29-12-7-5-8-13-29/h5-21,24H,22-23,25-27H2,1-4H3. The molecule has 0 saturated carbocycles. The van der Waals surface area contributed by atoms with Gasteiger partial charge in [-0.3, -0.25) is 9.69 Å². The minimum absolute atomic E-state index is 0.0936. The predicted octanol–water partition coefficient (Wildman–Crippen LogP) is 8.19. The molecule has 0 N–H and O–H groups in total. The van der Waals surface area contributed by atoms with E-state index in [1.54, 1.807) is 45.0 Å². The fourth-order valence-electron chi connectivity index (χ4n) is 4.81. The van der Waals surface area contributed by atoms with Crippen molar-refractivity contribution in [3.8, 4) is 28.7 Å². The van der Waals surface area contributed by atoms with Gasteiger partial charge in [0.25, 0.3) is 0 Å². The van der Waals surface area contributed by atoms with Crippen molar-refractivity contribution in [2.45, 2.75) is 52.9 Å². The number of hydrogen-bond acceptors (Lipinski definition) is 8. The van der Waals surface area contributed by atoms with Crippen molar-refractivity contribution in [2.24, 2.45) is 0 Å². The number of hydrogen-bond donors (Lipinski definition) is 0. The summed E-state index contributed by atoms with van der Waals surface area (Å²) < 4.78 is 28.9. The Kier molecular flexibility index (Phi) is 11.1. The van der Waals surface area contributed by atoms with Gasteiger partial charge in [0.05, 0.1) is 12.3 Å². The number of aryl methyl sites for hydroxylation is 1. The lowest BCUT2D eigenvalue weighted by atomic mass is 10.2. The largest absolute Gasteiger partial charge is 0.493 e. The van der Waals surface area contributed by atoms with Crippen LogP contribution >= 0.6 is 0 Å². The van der Waals surface area contributed by atoms with Crippen LogP contribution in [0.3, 0.4) is 0 Å². The number of carbonyl (C=O) groups is 2. The highest BCUT2D eigenvalue weighted by Gasteiger charge is 2.24. The van der Waals surface area contributed by atoms with Crippen LogP contribution in [0.5, 0.6) is 17.2 Å². The van der Waals surface area contributed by atoms with Gasteiger partial charge in [0, 0.05) is 18.5 Å². The molecule has 0 radical (unpaired) electrons. The van der Waals surface area contributed by atoms with E-state index in [0.29, 0.717) is 42.8 Å². The van der Waals surface area contributed by atoms with E-state index < -0.39 is 17.7 Å². The number of benzene rings is 4. The van der Waals surface area contributed by atoms with Crippen LogP contribution in [0.2, 0.25) is 0 Å². The molecular weight excluding hydrogens is 608 g/mol. The normalized spacial score (nSPS) is 11.1. The Balaban J connectivity index is 1.20. The van der Waals surface area contributed by atoms with Crippen LogP contribution in [0.15, 0.2) is 114 Å². The van der Waals surface area contributed by atoms with E-state index in [4.69, 9.17) is 23.4 Å². The lowest BCUT2D eigenvalue weighted by Gasteiger charge is -2.25. The molecule has 0 saturated heterocycles. The number of aromatic nitrogens is 1. The molecule has 0 atom stereocenters. The second-order valence-corrected chi connectivity index (χ2v) is 12.2. The minimum atomic E-state index is -0.708. The summed E-state index contributed by atoms with van der Waals surface area (Å²) in [5.74, 6) is 2.35. The van der Waals surface area contributed by atoms with E-state index in [1.807, 2.05) is 91.9 Å². The molecule has 0 fully saturated rings. The lowest BCUT2D eigenvalue weighted by Crippen LogP contribution is -2.39. The average molecular weight is 649 g/mol. The van der Waals surface area contributed by atoms with Crippen LogP contribution in [0.4, 0.5) is 4.79 Å². The third-order valence-electron chi connectivity index (χ3n) is 7.07. The van der Waals surface area contributed by atoms with Crippen molar-refractivity contribution in [3.63, 3.8) is 0 Å². The summed E-state index contributed by atoms with van der Waals surface area (Å²) in [6, 6.07) is 33.7. The van der Waals surface area contributed by atoms with E-state index in [1.165, 1.54) is 4.90 Å². The Morgan fingerprint density at radius 1 is 0.771 bits per heavy atom. The van der Waals surface area contributed by atoms with Gasteiger partial charge in [0.15, 0.2) is 0 Å². The van der Waals surface area contributed by atoms with Crippen LogP contribution in [-0.2, 0) is 29.1 Å². The fourth-order valence-corrected chi connectivity index (χ4v) is 4.81. The van der Waals surface area contributed by atoms with E-state index in [9.17, 15) is 9.59 Å². The number of rotatable bonds is 13. The Hall–Kier alpha value is -5.57. The van der Waals surface area contributed by atoms with Gasteiger partial charge in [-0.25, -0.2) is 9.78 Å². The molecule has 9 heteroatoms. The molecule has 1 heterocycles. The molecule has 48 heavy (non-hydrogen) atoms. The number of carbonyl (C=O) groups excluding carboxylic acids is 2. The second-order valence-electron chi connectivity index (χ2n) is 12.2. The number of esters is 1. The maximum Gasteiger partial charge on any atom is 0.416 e. The summed E-state index contributed by atoms with van der Waals surface area (Å²) >= 11 is 0. The monoisotopic (exact) mass is 648 g/mol. The lowest BCUT2D eigenvalue weighted by molar-refractivity contribution is -0.155. The topological polar surface area (TPSA) is 100 Å². The van der Waals surface area contributed by atoms with Crippen molar-refractivity contribution in [2.75, 3.05) is 13.2 Å². The number of oxazole rings is 1. The van der Waals surface area contributed by atoms with Crippen molar-refractivity contribution in [1.29, 1.82) is 0 Å². The van der Waals surface area contributed by atoms with Gasteiger partial charge in [-0.1, -0.05) is 60.7 Å². The first-order chi connectivity index (χ1) is 23.1. The smallest absolute Gasteiger partial charge is 0.416 e. The first kappa shape index (κ1) is 33.8. The SMILES string of the molecule is Cc1oc(-c2ccccc2)nc1CCOc1cccc(CN(CC(=O)OC(C)(C)C)C(=O)Oc2ccc(OCc3ccccc3)cc2)c1. The molecule has 4 aromatic carbocycles. The van der Waals surface area contributed by atoms with E-state index in [-0.39, 0.29) is 13.1 Å². The first-order valence-corrected chi connectivity index (χ1v) is 15.8. The van der Waals surface area contributed by atoms with Crippen LogP contribution < -0.4 is 14.2 Å². The number of nitrogens with zero attached hydrogens (tertiary/aromatic N) is 2. The maximum absolute atomic E-state index is 13.4. The summed E-state index contributed by atoms with van der Waals surface area (Å²) in [6.45, 7) is 7.81. The number of ether oxygens (including phenoxy) is 4. The molecule has 5 rings (SSSR count). The zero-order valence-corrected chi connectivity index (χ0v) is 27.7. The minimum Gasteiger partial charge on any atom is -0.493 e. The molecular formula is C39H40N2O7.